The van der Waals surface area contributed by atoms with Gasteiger partial charge in [0.2, 0.25) is 0 Å². The van der Waals surface area contributed by atoms with Gasteiger partial charge in [-0.15, -0.1) is 0 Å². The standard InChI is InChI=1S/C13H20N2O4/c1-8(2)7-10(12(16)17)15-13(18)14-9(3)11-5-4-6-19-11/h4-6,8-10H,7H2,1-3H3,(H,16,17)(H2,14,15,18)/t9?,10-/m1/s1. The minimum atomic E-state index is -1.03. The van der Waals surface area contributed by atoms with Crippen LogP contribution in [0.15, 0.2) is 22.8 Å². The molecule has 2 atom stereocenters. The van der Waals surface area contributed by atoms with E-state index in [1.807, 2.05) is 13.8 Å². The maximum atomic E-state index is 11.7. The summed E-state index contributed by atoms with van der Waals surface area (Å²) in [5.74, 6) is -0.232. The molecule has 106 valence electrons. The van der Waals surface area contributed by atoms with Crippen LogP contribution in [0.3, 0.4) is 0 Å². The van der Waals surface area contributed by atoms with Crippen LogP contribution in [0.4, 0.5) is 4.79 Å². The molecule has 6 heteroatoms. The Balaban J connectivity index is 2.51. The van der Waals surface area contributed by atoms with E-state index in [1.54, 1.807) is 19.1 Å². The van der Waals surface area contributed by atoms with Crippen LogP contribution in [0.1, 0.15) is 39.0 Å². The molecule has 0 aliphatic heterocycles. The number of carbonyl (C=O) groups is 2. The first kappa shape index (κ1) is 15.1. The summed E-state index contributed by atoms with van der Waals surface area (Å²) in [6.07, 6.45) is 1.90. The molecule has 1 heterocycles. The van der Waals surface area contributed by atoms with E-state index in [9.17, 15) is 9.59 Å². The molecule has 0 aromatic carbocycles. The Morgan fingerprint density at radius 3 is 2.47 bits per heavy atom. The van der Waals surface area contributed by atoms with Crippen LogP contribution in [-0.4, -0.2) is 23.1 Å². The third-order valence-electron chi connectivity index (χ3n) is 2.63. The van der Waals surface area contributed by atoms with Crippen molar-refractivity contribution < 1.29 is 19.1 Å². The van der Waals surface area contributed by atoms with Crippen molar-refractivity contribution in [3.8, 4) is 0 Å². The molecule has 0 fully saturated rings. The third kappa shape index (κ3) is 5.03. The molecule has 1 aromatic heterocycles. The fourth-order valence-electron chi connectivity index (χ4n) is 1.70. The number of urea groups is 1. The molecule has 0 bridgehead atoms. The first-order chi connectivity index (χ1) is 8.90. The third-order valence-corrected chi connectivity index (χ3v) is 2.63. The zero-order chi connectivity index (χ0) is 14.4. The molecule has 0 spiro atoms. The molecule has 19 heavy (non-hydrogen) atoms. The number of furan rings is 1. The summed E-state index contributed by atoms with van der Waals surface area (Å²) in [7, 11) is 0. The van der Waals surface area contributed by atoms with E-state index in [1.165, 1.54) is 6.26 Å². The highest BCUT2D eigenvalue weighted by molar-refractivity contribution is 5.82. The highest BCUT2D eigenvalue weighted by Crippen LogP contribution is 2.12. The Hall–Kier alpha value is -1.98. The second-order valence-corrected chi connectivity index (χ2v) is 4.88. The fraction of sp³-hybridized carbons (Fsp3) is 0.538. The van der Waals surface area contributed by atoms with Crippen molar-refractivity contribution in [2.75, 3.05) is 0 Å². The average molecular weight is 268 g/mol. The molecule has 1 unspecified atom stereocenters. The van der Waals surface area contributed by atoms with Crippen LogP contribution in [0.25, 0.3) is 0 Å². The van der Waals surface area contributed by atoms with E-state index >= 15 is 0 Å². The number of carboxylic acids is 1. The van der Waals surface area contributed by atoms with Crippen LogP contribution in [0.2, 0.25) is 0 Å². The van der Waals surface area contributed by atoms with Gasteiger partial charge < -0.3 is 20.2 Å². The molecule has 0 aliphatic carbocycles. The quantitative estimate of drug-likeness (QED) is 0.737. The van der Waals surface area contributed by atoms with E-state index in [4.69, 9.17) is 9.52 Å². The maximum absolute atomic E-state index is 11.7. The molecule has 3 N–H and O–H groups in total. The summed E-state index contributed by atoms with van der Waals surface area (Å²) in [6.45, 7) is 5.57. The zero-order valence-electron chi connectivity index (χ0n) is 11.3. The second kappa shape index (κ2) is 6.82. The molecule has 0 radical (unpaired) electrons. The molecule has 1 aromatic rings. The number of carbonyl (C=O) groups excluding carboxylic acids is 1. The van der Waals surface area contributed by atoms with Crippen LogP contribution < -0.4 is 10.6 Å². The second-order valence-electron chi connectivity index (χ2n) is 4.88. The Morgan fingerprint density at radius 2 is 2.00 bits per heavy atom. The normalized spacial score (nSPS) is 13.9. The van der Waals surface area contributed by atoms with Crippen molar-refractivity contribution in [1.82, 2.24) is 10.6 Å². The molecule has 1 rings (SSSR count). The van der Waals surface area contributed by atoms with Crippen LogP contribution in [-0.2, 0) is 4.79 Å². The Bertz CT molecular complexity index is 414. The monoisotopic (exact) mass is 268 g/mol. The smallest absolute Gasteiger partial charge is 0.326 e. The minimum Gasteiger partial charge on any atom is -0.480 e. The summed E-state index contributed by atoms with van der Waals surface area (Å²) in [4.78, 5) is 22.7. The Morgan fingerprint density at radius 1 is 1.32 bits per heavy atom. The Kier molecular flexibility index (Phi) is 5.41. The number of nitrogens with one attached hydrogen (secondary N) is 2. The fourth-order valence-corrected chi connectivity index (χ4v) is 1.70. The minimum absolute atomic E-state index is 0.184. The maximum Gasteiger partial charge on any atom is 0.326 e. The van der Waals surface area contributed by atoms with Crippen molar-refractivity contribution in [3.63, 3.8) is 0 Å². The van der Waals surface area contributed by atoms with Crippen LogP contribution in [0, 0.1) is 5.92 Å². The first-order valence-electron chi connectivity index (χ1n) is 6.23. The van der Waals surface area contributed by atoms with Gasteiger partial charge in [-0.3, -0.25) is 0 Å². The van der Waals surface area contributed by atoms with E-state index in [0.717, 1.165) is 0 Å². The van der Waals surface area contributed by atoms with Gasteiger partial charge in [0, 0.05) is 0 Å². The molecular formula is C13H20N2O4. The van der Waals surface area contributed by atoms with Gasteiger partial charge in [-0.05, 0) is 31.4 Å². The summed E-state index contributed by atoms with van der Waals surface area (Å²) < 4.78 is 5.15. The van der Waals surface area contributed by atoms with Crippen LogP contribution in [0.5, 0.6) is 0 Å². The molecule has 0 aliphatic rings. The topological polar surface area (TPSA) is 91.6 Å². The van der Waals surface area contributed by atoms with Crippen molar-refractivity contribution in [1.29, 1.82) is 0 Å². The molecule has 0 saturated carbocycles. The van der Waals surface area contributed by atoms with Gasteiger partial charge in [-0.25, -0.2) is 9.59 Å². The lowest BCUT2D eigenvalue weighted by molar-refractivity contribution is -0.139. The molecule has 2 amide bonds. The zero-order valence-corrected chi connectivity index (χ0v) is 11.3. The van der Waals surface area contributed by atoms with E-state index in [2.05, 4.69) is 10.6 Å². The van der Waals surface area contributed by atoms with Crippen molar-refractivity contribution in [2.45, 2.75) is 39.3 Å². The van der Waals surface area contributed by atoms with Gasteiger partial charge in [0.15, 0.2) is 0 Å². The molecular weight excluding hydrogens is 248 g/mol. The van der Waals surface area contributed by atoms with E-state index < -0.39 is 18.0 Å². The highest BCUT2D eigenvalue weighted by atomic mass is 16.4. The van der Waals surface area contributed by atoms with Crippen molar-refractivity contribution in [3.05, 3.63) is 24.2 Å². The van der Waals surface area contributed by atoms with E-state index in [0.29, 0.717) is 12.2 Å². The highest BCUT2D eigenvalue weighted by Gasteiger charge is 2.22. The molecule has 0 saturated heterocycles. The number of carboxylic acid groups (broad SMARTS) is 1. The Labute approximate surface area is 112 Å². The lowest BCUT2D eigenvalue weighted by atomic mass is 10.0. The van der Waals surface area contributed by atoms with Gasteiger partial charge in [-0.1, -0.05) is 13.8 Å². The van der Waals surface area contributed by atoms with Gasteiger partial charge in [-0.2, -0.15) is 0 Å². The predicted molar refractivity (Wildman–Crippen MR) is 69.7 cm³/mol. The van der Waals surface area contributed by atoms with Crippen molar-refractivity contribution in [2.24, 2.45) is 5.92 Å². The molecule has 6 nitrogen and oxygen atoms in total. The van der Waals surface area contributed by atoms with Crippen LogP contribution >= 0.6 is 0 Å². The van der Waals surface area contributed by atoms with Gasteiger partial charge in [0.1, 0.15) is 11.8 Å². The number of rotatable bonds is 6. The first-order valence-corrected chi connectivity index (χ1v) is 6.23. The van der Waals surface area contributed by atoms with Gasteiger partial charge in [0.05, 0.1) is 12.3 Å². The summed E-state index contributed by atoms with van der Waals surface area (Å²) in [5, 5.41) is 14.1. The van der Waals surface area contributed by atoms with Gasteiger partial charge >= 0.3 is 12.0 Å². The predicted octanol–water partition coefficient (Wildman–Crippen LogP) is 2.14. The number of hydrogen-bond donors (Lipinski definition) is 3. The largest absolute Gasteiger partial charge is 0.480 e. The van der Waals surface area contributed by atoms with Gasteiger partial charge in [0.25, 0.3) is 0 Å². The summed E-state index contributed by atoms with van der Waals surface area (Å²) in [6, 6.07) is 1.75. The van der Waals surface area contributed by atoms with Crippen molar-refractivity contribution >= 4 is 12.0 Å². The van der Waals surface area contributed by atoms with E-state index in [-0.39, 0.29) is 12.0 Å². The number of hydrogen-bond acceptors (Lipinski definition) is 3. The number of aliphatic carboxylic acids is 1. The SMILES string of the molecule is CC(C)C[C@@H](NC(=O)NC(C)c1ccco1)C(=O)O. The lowest BCUT2D eigenvalue weighted by Crippen LogP contribution is -2.47. The average Bonchev–Trinajstić information content (AvgIpc) is 2.80. The summed E-state index contributed by atoms with van der Waals surface area (Å²) >= 11 is 0. The lowest BCUT2D eigenvalue weighted by Gasteiger charge is -2.18. The number of amides is 2. The summed E-state index contributed by atoms with van der Waals surface area (Å²) in [5.41, 5.74) is 0.